The molecule has 0 saturated carbocycles. The zero-order valence-corrected chi connectivity index (χ0v) is 8.41. The lowest BCUT2D eigenvalue weighted by atomic mass is 10.2. The topological polar surface area (TPSA) is 26.3 Å². The van der Waals surface area contributed by atoms with E-state index in [1.165, 1.54) is 0 Å². The fourth-order valence-electron chi connectivity index (χ4n) is 0.869. The van der Waals surface area contributed by atoms with E-state index in [-0.39, 0.29) is 0 Å². The van der Waals surface area contributed by atoms with Gasteiger partial charge >= 0.3 is 0 Å². The van der Waals surface area contributed by atoms with Crippen LogP contribution in [0.2, 0.25) is 0 Å². The fraction of sp³-hybridized carbons (Fsp3) is 0.100. The number of halogens is 5. The molecule has 1 aromatic rings. The predicted molar refractivity (Wildman–Crippen MR) is 46.7 cm³/mol. The summed E-state index contributed by atoms with van der Waals surface area (Å²) < 4.78 is 68.3. The van der Waals surface area contributed by atoms with Gasteiger partial charge in [0, 0.05) is 6.92 Å². The standard InChI is InChI=1S/C10H5F5O2/c1-3(16)4(2)17-10-8(14)6(12)5(11)7(13)9(10)15/h2H2,1H3. The highest BCUT2D eigenvalue weighted by Gasteiger charge is 2.27. The van der Waals surface area contributed by atoms with Gasteiger partial charge in [-0.05, 0) is 0 Å². The molecule has 0 heterocycles. The van der Waals surface area contributed by atoms with E-state index in [0.717, 1.165) is 6.92 Å². The number of rotatable bonds is 3. The minimum absolute atomic E-state index is 0.742. The third kappa shape index (κ3) is 2.27. The molecule has 0 unspecified atom stereocenters. The zero-order chi connectivity index (χ0) is 13.3. The number of benzene rings is 1. The van der Waals surface area contributed by atoms with Crippen LogP contribution in [0.3, 0.4) is 0 Å². The van der Waals surface area contributed by atoms with Crippen LogP contribution < -0.4 is 4.74 Å². The van der Waals surface area contributed by atoms with E-state index >= 15 is 0 Å². The van der Waals surface area contributed by atoms with E-state index in [0.29, 0.717) is 0 Å². The molecule has 0 aliphatic heterocycles. The second-order valence-electron chi connectivity index (χ2n) is 2.98. The molecule has 17 heavy (non-hydrogen) atoms. The average Bonchev–Trinajstić information content (AvgIpc) is 2.29. The van der Waals surface area contributed by atoms with Crippen LogP contribution in [0.5, 0.6) is 5.75 Å². The van der Waals surface area contributed by atoms with Gasteiger partial charge in [0.05, 0.1) is 0 Å². The van der Waals surface area contributed by atoms with Crippen molar-refractivity contribution in [3.63, 3.8) is 0 Å². The smallest absolute Gasteiger partial charge is 0.207 e. The van der Waals surface area contributed by atoms with E-state index in [9.17, 15) is 26.7 Å². The molecule has 0 spiro atoms. The third-order valence-electron chi connectivity index (χ3n) is 1.79. The maximum Gasteiger partial charge on any atom is 0.207 e. The first-order valence-corrected chi connectivity index (χ1v) is 4.16. The molecular formula is C10H5F5O2. The Kier molecular flexibility index (Phi) is 3.50. The molecule has 2 nitrogen and oxygen atoms in total. The van der Waals surface area contributed by atoms with Crippen LogP contribution in [0.25, 0.3) is 0 Å². The van der Waals surface area contributed by atoms with Crippen molar-refractivity contribution in [2.75, 3.05) is 0 Å². The summed E-state index contributed by atoms with van der Waals surface area (Å²) in [4.78, 5) is 10.7. The molecule has 1 rings (SSSR count). The second kappa shape index (κ2) is 4.52. The molecule has 92 valence electrons. The first-order valence-electron chi connectivity index (χ1n) is 4.16. The molecule has 0 aliphatic rings. The van der Waals surface area contributed by atoms with Gasteiger partial charge in [0.15, 0.2) is 11.5 Å². The van der Waals surface area contributed by atoms with Gasteiger partial charge in [0.25, 0.3) is 0 Å². The van der Waals surface area contributed by atoms with E-state index in [1.807, 2.05) is 0 Å². The lowest BCUT2D eigenvalue weighted by Gasteiger charge is -2.09. The summed E-state index contributed by atoms with van der Waals surface area (Å²) in [5.41, 5.74) is 0. The van der Waals surface area contributed by atoms with Crippen molar-refractivity contribution in [1.82, 2.24) is 0 Å². The van der Waals surface area contributed by atoms with Gasteiger partial charge in [-0.25, -0.2) is 13.2 Å². The van der Waals surface area contributed by atoms with E-state index in [2.05, 4.69) is 11.3 Å². The molecule has 0 aliphatic carbocycles. The minimum Gasteiger partial charge on any atom is -0.448 e. The van der Waals surface area contributed by atoms with Gasteiger partial charge in [0.1, 0.15) is 0 Å². The van der Waals surface area contributed by atoms with Crippen LogP contribution in [-0.4, -0.2) is 5.78 Å². The Morgan fingerprint density at radius 1 is 0.941 bits per heavy atom. The molecule has 0 fully saturated rings. The summed E-state index contributed by atoms with van der Waals surface area (Å²) in [6.45, 7) is 3.92. The van der Waals surface area contributed by atoms with Crippen LogP contribution in [-0.2, 0) is 4.79 Å². The number of ketones is 1. The summed E-state index contributed by atoms with van der Waals surface area (Å²) in [6.07, 6.45) is 0. The Bertz CT molecular complexity index is 481. The Balaban J connectivity index is 3.35. The van der Waals surface area contributed by atoms with Gasteiger partial charge in [-0.15, -0.1) is 0 Å². The number of ether oxygens (including phenoxy) is 1. The van der Waals surface area contributed by atoms with Gasteiger partial charge in [-0.3, -0.25) is 4.79 Å². The molecule has 1 aromatic carbocycles. The SMILES string of the molecule is C=C(Oc1c(F)c(F)c(F)c(F)c1F)C(C)=O. The zero-order valence-electron chi connectivity index (χ0n) is 8.41. The number of carbonyl (C=O) groups is 1. The number of carbonyl (C=O) groups excluding carboxylic acids is 1. The normalized spacial score (nSPS) is 10.2. The Morgan fingerprint density at radius 2 is 1.29 bits per heavy atom. The van der Waals surface area contributed by atoms with Crippen molar-refractivity contribution in [2.24, 2.45) is 0 Å². The molecule has 0 N–H and O–H groups in total. The lowest BCUT2D eigenvalue weighted by molar-refractivity contribution is -0.115. The Hall–Kier alpha value is -1.92. The van der Waals surface area contributed by atoms with Crippen molar-refractivity contribution in [2.45, 2.75) is 6.92 Å². The van der Waals surface area contributed by atoms with Crippen LogP contribution >= 0.6 is 0 Å². The number of Topliss-reactive ketones (excluding diaryl/α,β-unsaturated/α-hetero) is 1. The largest absolute Gasteiger partial charge is 0.448 e. The van der Waals surface area contributed by atoms with Gasteiger partial charge in [0.2, 0.25) is 34.8 Å². The summed E-state index contributed by atoms with van der Waals surface area (Å²) in [5, 5.41) is 0. The van der Waals surface area contributed by atoms with Crippen molar-refractivity contribution < 1.29 is 31.5 Å². The van der Waals surface area contributed by atoms with Crippen LogP contribution in [0.1, 0.15) is 6.92 Å². The molecule has 0 radical (unpaired) electrons. The Morgan fingerprint density at radius 3 is 1.65 bits per heavy atom. The van der Waals surface area contributed by atoms with Crippen LogP contribution in [0.4, 0.5) is 22.0 Å². The maximum absolute atomic E-state index is 13.0. The first kappa shape index (κ1) is 13.1. The highest BCUT2D eigenvalue weighted by atomic mass is 19.2. The van der Waals surface area contributed by atoms with Crippen molar-refractivity contribution >= 4 is 5.78 Å². The molecule has 0 saturated heterocycles. The number of allylic oxidation sites excluding steroid dienone is 1. The molecule has 7 heteroatoms. The van der Waals surface area contributed by atoms with Gasteiger partial charge in [-0.2, -0.15) is 8.78 Å². The van der Waals surface area contributed by atoms with E-state index < -0.39 is 46.4 Å². The number of hydrogen-bond donors (Lipinski definition) is 0. The van der Waals surface area contributed by atoms with Gasteiger partial charge in [-0.1, -0.05) is 6.58 Å². The first-order chi connectivity index (χ1) is 7.77. The summed E-state index contributed by atoms with van der Waals surface area (Å²) >= 11 is 0. The van der Waals surface area contributed by atoms with Crippen molar-refractivity contribution in [3.05, 3.63) is 41.4 Å². The van der Waals surface area contributed by atoms with Crippen LogP contribution in [0, 0.1) is 29.1 Å². The molecular weight excluding hydrogens is 247 g/mol. The highest BCUT2D eigenvalue weighted by Crippen LogP contribution is 2.30. The minimum atomic E-state index is -2.30. The third-order valence-corrected chi connectivity index (χ3v) is 1.79. The average molecular weight is 252 g/mol. The quantitative estimate of drug-likeness (QED) is 0.272. The predicted octanol–water partition coefficient (Wildman–Crippen LogP) is 2.86. The lowest BCUT2D eigenvalue weighted by Crippen LogP contribution is -2.09. The van der Waals surface area contributed by atoms with Gasteiger partial charge < -0.3 is 4.74 Å². The molecule has 0 amide bonds. The van der Waals surface area contributed by atoms with Crippen molar-refractivity contribution in [3.8, 4) is 5.75 Å². The van der Waals surface area contributed by atoms with Crippen molar-refractivity contribution in [1.29, 1.82) is 0 Å². The molecule has 0 aromatic heterocycles. The monoisotopic (exact) mass is 252 g/mol. The molecule has 0 atom stereocenters. The van der Waals surface area contributed by atoms with E-state index in [4.69, 9.17) is 0 Å². The summed E-state index contributed by atoms with van der Waals surface area (Å²) in [6, 6.07) is 0. The summed E-state index contributed by atoms with van der Waals surface area (Å²) in [7, 11) is 0. The maximum atomic E-state index is 13.0. The number of hydrogen-bond acceptors (Lipinski definition) is 2. The fourth-order valence-corrected chi connectivity index (χ4v) is 0.869. The highest BCUT2D eigenvalue weighted by molar-refractivity contribution is 5.91. The molecule has 0 bridgehead atoms. The van der Waals surface area contributed by atoms with Crippen LogP contribution in [0.15, 0.2) is 12.3 Å². The second-order valence-corrected chi connectivity index (χ2v) is 2.98. The van der Waals surface area contributed by atoms with E-state index in [1.54, 1.807) is 0 Å². The Labute approximate surface area is 92.3 Å². The summed E-state index contributed by atoms with van der Waals surface area (Å²) in [5.74, 6) is -14.1.